The fourth-order valence-electron chi connectivity index (χ4n) is 2.48. The third-order valence-corrected chi connectivity index (χ3v) is 3.91. The Labute approximate surface area is 132 Å². The van der Waals surface area contributed by atoms with Crippen molar-refractivity contribution in [3.63, 3.8) is 0 Å². The normalized spacial score (nSPS) is 10.8. The van der Waals surface area contributed by atoms with Crippen LogP contribution in [0.3, 0.4) is 0 Å². The molecule has 2 nitrogen and oxygen atoms in total. The van der Waals surface area contributed by atoms with E-state index in [1.165, 1.54) is 0 Å². The number of carbonyl (C=O) groups excluding carboxylic acids is 1. The summed E-state index contributed by atoms with van der Waals surface area (Å²) in [6.07, 6.45) is 2.15. The lowest BCUT2D eigenvalue weighted by atomic mass is 9.99. The lowest BCUT2D eigenvalue weighted by Crippen LogP contribution is -2.04. The average molecular weight is 340 g/mol. The highest BCUT2D eigenvalue weighted by atomic mass is 79.9. The monoisotopic (exact) mass is 339 g/mol. The zero-order chi connectivity index (χ0) is 14.8. The number of ketones is 1. The summed E-state index contributed by atoms with van der Waals surface area (Å²) in [5, 5.41) is 1.04. The minimum Gasteiger partial charge on any atom is -0.294 e. The topological polar surface area (TPSA) is 30.0 Å². The van der Waals surface area contributed by atoms with E-state index < -0.39 is 0 Å². The van der Waals surface area contributed by atoms with Crippen LogP contribution in [0.1, 0.15) is 21.5 Å². The minimum atomic E-state index is 0.121. The van der Waals surface area contributed by atoms with Crippen LogP contribution in [-0.4, -0.2) is 10.8 Å². The maximum Gasteiger partial charge on any atom is 0.167 e. The molecule has 0 radical (unpaired) electrons. The van der Waals surface area contributed by atoms with Crippen molar-refractivity contribution in [1.82, 2.24) is 4.98 Å². The second-order valence-corrected chi connectivity index (χ2v) is 6.02. The number of rotatable bonds is 3. The Morgan fingerprint density at radius 1 is 1.14 bits per heavy atom. The van der Waals surface area contributed by atoms with Crippen LogP contribution < -0.4 is 0 Å². The van der Waals surface area contributed by atoms with Gasteiger partial charge in [0, 0.05) is 28.0 Å². The van der Waals surface area contributed by atoms with E-state index in [1.807, 2.05) is 55.5 Å². The first-order valence-corrected chi connectivity index (χ1v) is 7.56. The summed E-state index contributed by atoms with van der Waals surface area (Å²) >= 11 is 3.44. The molecule has 0 N–H and O–H groups in total. The number of aryl methyl sites for hydroxylation is 1. The first-order chi connectivity index (χ1) is 10.1. The molecule has 1 heterocycles. The molecule has 2 aromatic carbocycles. The fraction of sp³-hybridized carbons (Fsp3) is 0.111. The van der Waals surface area contributed by atoms with E-state index in [4.69, 9.17) is 0 Å². The van der Waals surface area contributed by atoms with Gasteiger partial charge in [0.05, 0.1) is 5.52 Å². The lowest BCUT2D eigenvalue weighted by Gasteiger charge is -2.07. The Balaban J connectivity index is 1.96. The predicted molar refractivity (Wildman–Crippen MR) is 88.7 cm³/mol. The van der Waals surface area contributed by atoms with Crippen molar-refractivity contribution in [1.29, 1.82) is 0 Å². The van der Waals surface area contributed by atoms with Crippen molar-refractivity contribution >= 4 is 32.6 Å². The molecule has 0 spiro atoms. The molecule has 0 amide bonds. The SMILES string of the molecule is Cc1cc(Br)cc(C(=O)Cc2ccnc3ccccc23)c1. The van der Waals surface area contributed by atoms with Crippen molar-refractivity contribution in [3.05, 3.63) is 75.9 Å². The van der Waals surface area contributed by atoms with E-state index >= 15 is 0 Å². The highest BCUT2D eigenvalue weighted by Crippen LogP contribution is 2.20. The van der Waals surface area contributed by atoms with Crippen LogP contribution >= 0.6 is 15.9 Å². The van der Waals surface area contributed by atoms with Gasteiger partial charge in [0.2, 0.25) is 0 Å². The van der Waals surface area contributed by atoms with Gasteiger partial charge < -0.3 is 0 Å². The third-order valence-electron chi connectivity index (χ3n) is 3.45. The zero-order valence-electron chi connectivity index (χ0n) is 11.6. The van der Waals surface area contributed by atoms with Gasteiger partial charge in [-0.2, -0.15) is 0 Å². The highest BCUT2D eigenvalue weighted by Gasteiger charge is 2.11. The van der Waals surface area contributed by atoms with Crippen molar-refractivity contribution in [2.24, 2.45) is 0 Å². The largest absolute Gasteiger partial charge is 0.294 e. The fourth-order valence-corrected chi connectivity index (χ4v) is 3.09. The van der Waals surface area contributed by atoms with Crippen LogP contribution in [0.5, 0.6) is 0 Å². The molecule has 0 saturated heterocycles. The molecule has 0 aliphatic rings. The Hall–Kier alpha value is -2.00. The second-order valence-electron chi connectivity index (χ2n) is 5.10. The molecule has 0 bridgehead atoms. The predicted octanol–water partition coefficient (Wildman–Crippen LogP) is 4.73. The summed E-state index contributed by atoms with van der Waals surface area (Å²) in [7, 11) is 0. The number of fused-ring (bicyclic) bond motifs is 1. The molecule has 21 heavy (non-hydrogen) atoms. The number of Topliss-reactive ketones (excluding diaryl/α,β-unsaturated/α-hetero) is 1. The van der Waals surface area contributed by atoms with Crippen molar-refractivity contribution in [2.45, 2.75) is 13.3 Å². The summed E-state index contributed by atoms with van der Waals surface area (Å²) in [5.74, 6) is 0.121. The van der Waals surface area contributed by atoms with Gasteiger partial charge in [0.15, 0.2) is 5.78 Å². The van der Waals surface area contributed by atoms with Gasteiger partial charge in [-0.3, -0.25) is 9.78 Å². The van der Waals surface area contributed by atoms with Crippen LogP contribution in [0.25, 0.3) is 10.9 Å². The highest BCUT2D eigenvalue weighted by molar-refractivity contribution is 9.10. The van der Waals surface area contributed by atoms with Crippen molar-refractivity contribution in [3.8, 4) is 0 Å². The standard InChI is InChI=1S/C18H14BrNO/c1-12-8-14(10-15(19)9-12)18(21)11-13-6-7-20-17-5-3-2-4-16(13)17/h2-10H,11H2,1H3. The lowest BCUT2D eigenvalue weighted by molar-refractivity contribution is 0.0993. The van der Waals surface area contributed by atoms with E-state index in [0.29, 0.717) is 6.42 Å². The van der Waals surface area contributed by atoms with Crippen LogP contribution in [0.2, 0.25) is 0 Å². The number of para-hydroxylation sites is 1. The molecule has 0 aliphatic heterocycles. The van der Waals surface area contributed by atoms with Gasteiger partial charge in [-0.1, -0.05) is 34.1 Å². The number of halogens is 1. The van der Waals surface area contributed by atoms with Crippen LogP contribution in [-0.2, 0) is 6.42 Å². The van der Waals surface area contributed by atoms with Gasteiger partial charge in [-0.05, 0) is 48.4 Å². The minimum absolute atomic E-state index is 0.121. The number of hydrogen-bond donors (Lipinski definition) is 0. The van der Waals surface area contributed by atoms with E-state index in [-0.39, 0.29) is 5.78 Å². The molecule has 104 valence electrons. The van der Waals surface area contributed by atoms with Crippen molar-refractivity contribution < 1.29 is 4.79 Å². The number of nitrogens with zero attached hydrogens (tertiary/aromatic N) is 1. The number of pyridine rings is 1. The molecule has 0 unspecified atom stereocenters. The number of hydrogen-bond acceptors (Lipinski definition) is 2. The second kappa shape index (κ2) is 5.78. The van der Waals surface area contributed by atoms with Gasteiger partial charge >= 0.3 is 0 Å². The van der Waals surface area contributed by atoms with Crippen LogP contribution in [0, 0.1) is 6.92 Å². The first kappa shape index (κ1) is 14.0. The quantitative estimate of drug-likeness (QED) is 0.645. The molecule has 3 aromatic rings. The summed E-state index contributed by atoms with van der Waals surface area (Å²) < 4.78 is 0.936. The smallest absolute Gasteiger partial charge is 0.167 e. The Kier molecular flexibility index (Phi) is 3.84. The first-order valence-electron chi connectivity index (χ1n) is 6.76. The molecule has 3 rings (SSSR count). The molecular formula is C18H14BrNO. The summed E-state index contributed by atoms with van der Waals surface area (Å²) in [6.45, 7) is 1.99. The molecule has 0 fully saturated rings. The Bertz CT molecular complexity index is 801. The van der Waals surface area contributed by atoms with E-state index in [0.717, 1.165) is 32.1 Å². The summed E-state index contributed by atoms with van der Waals surface area (Å²) in [6, 6.07) is 15.6. The van der Waals surface area contributed by atoms with E-state index in [9.17, 15) is 4.79 Å². The van der Waals surface area contributed by atoms with Gasteiger partial charge in [0.25, 0.3) is 0 Å². The Morgan fingerprint density at radius 2 is 1.95 bits per heavy atom. The van der Waals surface area contributed by atoms with Gasteiger partial charge in [-0.25, -0.2) is 0 Å². The third kappa shape index (κ3) is 3.03. The van der Waals surface area contributed by atoms with Gasteiger partial charge in [0.1, 0.15) is 0 Å². The van der Waals surface area contributed by atoms with Gasteiger partial charge in [-0.15, -0.1) is 0 Å². The number of carbonyl (C=O) groups is 1. The van der Waals surface area contributed by atoms with Crippen LogP contribution in [0.4, 0.5) is 0 Å². The number of aromatic nitrogens is 1. The van der Waals surface area contributed by atoms with E-state index in [2.05, 4.69) is 20.9 Å². The average Bonchev–Trinajstić information content (AvgIpc) is 2.46. The molecule has 0 saturated carbocycles. The van der Waals surface area contributed by atoms with Crippen LogP contribution in [0.15, 0.2) is 59.2 Å². The maximum absolute atomic E-state index is 12.5. The van der Waals surface area contributed by atoms with E-state index in [1.54, 1.807) is 6.20 Å². The molecule has 3 heteroatoms. The maximum atomic E-state index is 12.5. The molecule has 1 aromatic heterocycles. The zero-order valence-corrected chi connectivity index (χ0v) is 13.2. The summed E-state index contributed by atoms with van der Waals surface area (Å²) in [5.41, 5.74) is 3.76. The molecule has 0 aliphatic carbocycles. The molecular weight excluding hydrogens is 326 g/mol. The summed E-state index contributed by atoms with van der Waals surface area (Å²) in [4.78, 5) is 16.9. The molecule has 0 atom stereocenters. The van der Waals surface area contributed by atoms with Crippen molar-refractivity contribution in [2.75, 3.05) is 0 Å². The number of benzene rings is 2. The Morgan fingerprint density at radius 3 is 2.76 bits per heavy atom.